The van der Waals surface area contributed by atoms with Crippen molar-refractivity contribution in [3.05, 3.63) is 100 Å². The van der Waals surface area contributed by atoms with Gasteiger partial charge in [0.05, 0.1) is 43.0 Å². The second kappa shape index (κ2) is 10.9. The highest BCUT2D eigenvalue weighted by Gasteiger charge is 2.23. The molecule has 1 aliphatic rings. The first-order valence-corrected chi connectivity index (χ1v) is 12.4. The lowest BCUT2D eigenvalue weighted by Crippen LogP contribution is -2.43. The van der Waals surface area contributed by atoms with Crippen molar-refractivity contribution in [3.8, 4) is 11.4 Å². The molecule has 1 N–H and O–H groups in total. The van der Waals surface area contributed by atoms with Gasteiger partial charge in [0.2, 0.25) is 0 Å². The number of methoxy groups -OCH3 is 1. The Labute approximate surface area is 215 Å². The van der Waals surface area contributed by atoms with Gasteiger partial charge in [-0.3, -0.25) is 19.1 Å². The summed E-state index contributed by atoms with van der Waals surface area (Å²) in [4.78, 5) is 33.1. The van der Waals surface area contributed by atoms with Crippen LogP contribution in [0, 0.1) is 6.92 Å². The smallest absolute Gasteiger partial charge is 0.265 e. The SMILES string of the molecule is COc1ccc([C@@H](CNC(=O)c2ccc(-n3c(C)nc4ccccc4c3=O)cc2)N2CCOCC2)cc1. The van der Waals surface area contributed by atoms with Crippen LogP contribution in [0.2, 0.25) is 0 Å². The van der Waals surface area contributed by atoms with Gasteiger partial charge in [0.15, 0.2) is 0 Å². The number of hydrogen-bond donors (Lipinski definition) is 1. The van der Waals surface area contributed by atoms with E-state index in [1.807, 2.05) is 42.5 Å². The Morgan fingerprint density at radius 2 is 1.73 bits per heavy atom. The second-order valence-electron chi connectivity index (χ2n) is 9.01. The molecular weight excluding hydrogens is 468 g/mol. The third-order valence-corrected chi connectivity index (χ3v) is 6.77. The number of morpholine rings is 1. The molecule has 1 aliphatic heterocycles. The Morgan fingerprint density at radius 3 is 2.43 bits per heavy atom. The highest BCUT2D eigenvalue weighted by atomic mass is 16.5. The van der Waals surface area contributed by atoms with E-state index < -0.39 is 0 Å². The molecule has 1 saturated heterocycles. The first-order chi connectivity index (χ1) is 18.0. The molecule has 1 atom stereocenters. The van der Waals surface area contributed by atoms with Crippen LogP contribution in [0.5, 0.6) is 5.75 Å². The maximum atomic E-state index is 13.1. The van der Waals surface area contributed by atoms with Crippen LogP contribution in [0.3, 0.4) is 0 Å². The summed E-state index contributed by atoms with van der Waals surface area (Å²) in [5.74, 6) is 1.22. The molecule has 5 rings (SSSR count). The van der Waals surface area contributed by atoms with Crippen molar-refractivity contribution in [2.45, 2.75) is 13.0 Å². The summed E-state index contributed by atoms with van der Waals surface area (Å²) in [5, 5.41) is 3.65. The van der Waals surface area contributed by atoms with Gasteiger partial charge in [-0.1, -0.05) is 24.3 Å². The molecule has 190 valence electrons. The molecule has 2 heterocycles. The second-order valence-corrected chi connectivity index (χ2v) is 9.01. The fourth-order valence-electron chi connectivity index (χ4n) is 4.77. The van der Waals surface area contributed by atoms with Crippen molar-refractivity contribution in [3.63, 3.8) is 0 Å². The topological polar surface area (TPSA) is 85.7 Å². The van der Waals surface area contributed by atoms with Gasteiger partial charge in [-0.2, -0.15) is 0 Å². The van der Waals surface area contributed by atoms with E-state index in [0.29, 0.717) is 47.7 Å². The van der Waals surface area contributed by atoms with Crippen molar-refractivity contribution >= 4 is 16.8 Å². The largest absolute Gasteiger partial charge is 0.497 e. The number of benzene rings is 3. The molecule has 0 aliphatic carbocycles. The minimum Gasteiger partial charge on any atom is -0.497 e. The van der Waals surface area contributed by atoms with Gasteiger partial charge < -0.3 is 14.8 Å². The van der Waals surface area contributed by atoms with Crippen molar-refractivity contribution in [1.82, 2.24) is 19.8 Å². The fourth-order valence-corrected chi connectivity index (χ4v) is 4.77. The van der Waals surface area contributed by atoms with Crippen molar-refractivity contribution < 1.29 is 14.3 Å². The molecule has 0 bridgehead atoms. The first kappa shape index (κ1) is 24.7. The van der Waals surface area contributed by atoms with E-state index in [1.54, 1.807) is 48.9 Å². The van der Waals surface area contributed by atoms with Crippen molar-refractivity contribution in [1.29, 1.82) is 0 Å². The number of hydrogen-bond acceptors (Lipinski definition) is 6. The number of fused-ring (bicyclic) bond motifs is 1. The molecule has 37 heavy (non-hydrogen) atoms. The molecule has 0 saturated carbocycles. The van der Waals surface area contributed by atoms with E-state index in [9.17, 15) is 9.59 Å². The number of nitrogens with one attached hydrogen (secondary N) is 1. The third kappa shape index (κ3) is 5.26. The Bertz CT molecular complexity index is 1440. The number of carbonyl (C=O) groups is 1. The number of aromatic nitrogens is 2. The maximum Gasteiger partial charge on any atom is 0.265 e. The number of nitrogens with zero attached hydrogens (tertiary/aromatic N) is 3. The van der Waals surface area contributed by atoms with Crippen LogP contribution in [-0.2, 0) is 4.74 Å². The predicted octanol–water partition coefficient (Wildman–Crippen LogP) is 3.51. The van der Waals surface area contributed by atoms with Crippen LogP contribution < -0.4 is 15.6 Å². The number of carbonyl (C=O) groups excluding carboxylic acids is 1. The van der Waals surface area contributed by atoms with Crippen LogP contribution in [0.15, 0.2) is 77.6 Å². The molecule has 0 spiro atoms. The van der Waals surface area contributed by atoms with Crippen LogP contribution in [0.1, 0.15) is 27.8 Å². The average molecular weight is 499 g/mol. The summed E-state index contributed by atoms with van der Waals surface area (Å²) >= 11 is 0. The lowest BCUT2D eigenvalue weighted by Gasteiger charge is -2.35. The normalized spacial score (nSPS) is 14.9. The molecule has 1 amide bonds. The molecular formula is C29H30N4O4. The number of ether oxygens (including phenoxy) is 2. The van der Waals surface area contributed by atoms with Gasteiger partial charge in [-0.25, -0.2) is 4.98 Å². The molecule has 0 radical (unpaired) electrons. The van der Waals surface area contributed by atoms with E-state index >= 15 is 0 Å². The van der Waals surface area contributed by atoms with Gasteiger partial charge in [0.25, 0.3) is 11.5 Å². The van der Waals surface area contributed by atoms with E-state index in [2.05, 4.69) is 15.2 Å². The lowest BCUT2D eigenvalue weighted by atomic mass is 10.0. The lowest BCUT2D eigenvalue weighted by molar-refractivity contribution is 0.0162. The summed E-state index contributed by atoms with van der Waals surface area (Å²) in [6, 6.07) is 22.3. The third-order valence-electron chi connectivity index (χ3n) is 6.77. The van der Waals surface area contributed by atoms with E-state index in [1.165, 1.54) is 0 Å². The molecule has 3 aromatic carbocycles. The molecule has 1 fully saturated rings. The molecule has 0 unspecified atom stereocenters. The predicted molar refractivity (Wildman–Crippen MR) is 143 cm³/mol. The maximum absolute atomic E-state index is 13.1. The first-order valence-electron chi connectivity index (χ1n) is 12.4. The number of aryl methyl sites for hydroxylation is 1. The van der Waals surface area contributed by atoms with Gasteiger partial charge in [-0.05, 0) is 61.0 Å². The van der Waals surface area contributed by atoms with Crippen LogP contribution in [0.25, 0.3) is 16.6 Å². The Balaban J connectivity index is 1.33. The zero-order valence-electron chi connectivity index (χ0n) is 21.0. The van der Waals surface area contributed by atoms with Gasteiger partial charge in [0, 0.05) is 25.2 Å². The molecule has 8 heteroatoms. The Kier molecular flexibility index (Phi) is 7.30. The van der Waals surface area contributed by atoms with Gasteiger partial charge >= 0.3 is 0 Å². The van der Waals surface area contributed by atoms with Crippen LogP contribution in [-0.4, -0.2) is 60.3 Å². The van der Waals surface area contributed by atoms with E-state index in [0.717, 1.165) is 24.4 Å². The highest BCUT2D eigenvalue weighted by molar-refractivity contribution is 5.94. The minimum absolute atomic E-state index is 0.0166. The summed E-state index contributed by atoms with van der Waals surface area (Å²) < 4.78 is 12.4. The standard InChI is InChI=1S/C29H30N4O4/c1-20-31-26-6-4-3-5-25(26)29(35)33(20)23-11-7-22(8-12-23)28(34)30-19-27(32-15-17-37-18-16-32)21-9-13-24(36-2)14-10-21/h3-14,27H,15-19H2,1-2H3,(H,30,34)/t27-/m1/s1. The number of amides is 1. The van der Waals surface area contributed by atoms with E-state index in [-0.39, 0.29) is 17.5 Å². The van der Waals surface area contributed by atoms with Crippen LogP contribution in [0.4, 0.5) is 0 Å². The summed E-state index contributed by atoms with van der Waals surface area (Å²) in [5.41, 5.74) is 2.84. The van der Waals surface area contributed by atoms with Crippen molar-refractivity contribution in [2.75, 3.05) is 40.0 Å². The summed E-state index contributed by atoms with van der Waals surface area (Å²) in [6.45, 7) is 5.21. The molecule has 4 aromatic rings. The van der Waals surface area contributed by atoms with Gasteiger partial charge in [-0.15, -0.1) is 0 Å². The zero-order chi connectivity index (χ0) is 25.8. The Morgan fingerprint density at radius 1 is 1.03 bits per heavy atom. The number of para-hydroxylation sites is 1. The monoisotopic (exact) mass is 498 g/mol. The minimum atomic E-state index is -0.168. The summed E-state index contributed by atoms with van der Waals surface area (Å²) in [6.07, 6.45) is 0. The Hall–Kier alpha value is -4.01. The summed E-state index contributed by atoms with van der Waals surface area (Å²) in [7, 11) is 1.65. The fraction of sp³-hybridized carbons (Fsp3) is 0.276. The average Bonchev–Trinajstić information content (AvgIpc) is 2.94. The zero-order valence-corrected chi connectivity index (χ0v) is 21.0. The highest BCUT2D eigenvalue weighted by Crippen LogP contribution is 2.24. The van der Waals surface area contributed by atoms with Crippen molar-refractivity contribution in [2.24, 2.45) is 0 Å². The van der Waals surface area contributed by atoms with Gasteiger partial charge in [0.1, 0.15) is 11.6 Å². The quantitative estimate of drug-likeness (QED) is 0.420. The molecule has 1 aromatic heterocycles. The molecule has 8 nitrogen and oxygen atoms in total. The van der Waals surface area contributed by atoms with Crippen LogP contribution >= 0.6 is 0 Å². The van der Waals surface area contributed by atoms with E-state index in [4.69, 9.17) is 9.47 Å². The number of rotatable bonds is 7.